The van der Waals surface area contributed by atoms with Crippen LogP contribution in [0.1, 0.15) is 11.1 Å². The molecule has 0 atom stereocenters. The van der Waals surface area contributed by atoms with Gasteiger partial charge in [0.25, 0.3) is 0 Å². The summed E-state index contributed by atoms with van der Waals surface area (Å²) in [7, 11) is 1.54. The Balaban J connectivity index is 2.05. The molecular formula is C19H25N3O4S. The molecule has 0 bridgehead atoms. The third kappa shape index (κ3) is 5.21. The Kier molecular flexibility index (Phi) is 6.45. The van der Waals surface area contributed by atoms with E-state index in [4.69, 9.17) is 4.74 Å². The number of carbonyl (C=O) groups excluding carboxylic acids is 1. The summed E-state index contributed by atoms with van der Waals surface area (Å²) >= 11 is 0. The number of hydrogen-bond donors (Lipinski definition) is 2. The molecule has 146 valence electrons. The third-order valence-electron chi connectivity index (χ3n) is 4.03. The van der Waals surface area contributed by atoms with E-state index in [0.717, 1.165) is 5.69 Å². The molecule has 27 heavy (non-hydrogen) atoms. The lowest BCUT2D eigenvalue weighted by Crippen LogP contribution is -2.33. The van der Waals surface area contributed by atoms with Crippen molar-refractivity contribution in [1.82, 2.24) is 4.72 Å². The Bertz CT molecular complexity index is 899. The predicted octanol–water partition coefficient (Wildman–Crippen LogP) is 2.30. The van der Waals surface area contributed by atoms with Crippen molar-refractivity contribution in [1.29, 1.82) is 0 Å². The fraction of sp³-hybridized carbons (Fsp3) is 0.316. The monoisotopic (exact) mass is 391 g/mol. The van der Waals surface area contributed by atoms with Gasteiger partial charge in [0.15, 0.2) is 0 Å². The second kappa shape index (κ2) is 8.41. The van der Waals surface area contributed by atoms with Gasteiger partial charge in [-0.2, -0.15) is 0 Å². The van der Waals surface area contributed by atoms with E-state index in [1.165, 1.54) is 7.11 Å². The molecule has 0 unspecified atom stereocenters. The number of carbonyl (C=O) groups is 1. The summed E-state index contributed by atoms with van der Waals surface area (Å²) in [6, 6.07) is 10.6. The number of amides is 1. The first-order chi connectivity index (χ1) is 12.6. The minimum Gasteiger partial charge on any atom is -0.497 e. The van der Waals surface area contributed by atoms with E-state index in [0.29, 0.717) is 22.6 Å². The van der Waals surface area contributed by atoms with Crippen molar-refractivity contribution < 1.29 is 17.9 Å². The lowest BCUT2D eigenvalue weighted by Gasteiger charge is -2.14. The van der Waals surface area contributed by atoms with Crippen LogP contribution in [0.4, 0.5) is 11.4 Å². The molecule has 0 spiro atoms. The van der Waals surface area contributed by atoms with Gasteiger partial charge in [0.2, 0.25) is 15.9 Å². The van der Waals surface area contributed by atoms with Gasteiger partial charge in [0.1, 0.15) is 5.75 Å². The number of rotatable bonds is 7. The summed E-state index contributed by atoms with van der Waals surface area (Å²) in [6.07, 6.45) is 0. The van der Waals surface area contributed by atoms with Crippen LogP contribution in [0.5, 0.6) is 5.75 Å². The second-order valence-corrected chi connectivity index (χ2v) is 8.11. The quantitative estimate of drug-likeness (QED) is 0.756. The molecule has 8 heteroatoms. The van der Waals surface area contributed by atoms with Crippen LogP contribution in [0.15, 0.2) is 41.3 Å². The maximum atomic E-state index is 12.6. The molecule has 0 heterocycles. The highest BCUT2D eigenvalue weighted by Gasteiger charge is 2.21. The fourth-order valence-corrected chi connectivity index (χ4v) is 4.16. The van der Waals surface area contributed by atoms with Gasteiger partial charge in [-0.25, -0.2) is 13.1 Å². The van der Waals surface area contributed by atoms with Crippen LogP contribution in [0.2, 0.25) is 0 Å². The summed E-state index contributed by atoms with van der Waals surface area (Å²) in [5.74, 6) is 0.142. The largest absolute Gasteiger partial charge is 0.497 e. The Hall–Kier alpha value is -2.58. The van der Waals surface area contributed by atoms with Crippen LogP contribution in [0, 0.1) is 13.8 Å². The fourth-order valence-electron chi connectivity index (χ4n) is 2.73. The average Bonchev–Trinajstić information content (AvgIpc) is 2.59. The molecular weight excluding hydrogens is 366 g/mol. The summed E-state index contributed by atoms with van der Waals surface area (Å²) in [5, 5.41) is 2.68. The van der Waals surface area contributed by atoms with E-state index in [2.05, 4.69) is 10.0 Å². The molecule has 2 N–H and O–H groups in total. The zero-order valence-electron chi connectivity index (χ0n) is 16.2. The molecule has 0 radical (unpaired) electrons. The maximum absolute atomic E-state index is 12.6. The van der Waals surface area contributed by atoms with E-state index >= 15 is 0 Å². The summed E-state index contributed by atoms with van der Waals surface area (Å²) in [5.41, 5.74) is 2.71. The highest BCUT2D eigenvalue weighted by molar-refractivity contribution is 7.89. The van der Waals surface area contributed by atoms with Gasteiger partial charge in [0, 0.05) is 25.5 Å². The van der Waals surface area contributed by atoms with Crippen molar-refractivity contribution in [2.75, 3.05) is 38.0 Å². The van der Waals surface area contributed by atoms with Crippen molar-refractivity contribution in [2.24, 2.45) is 0 Å². The van der Waals surface area contributed by atoms with E-state index in [9.17, 15) is 13.2 Å². The van der Waals surface area contributed by atoms with E-state index in [-0.39, 0.29) is 11.4 Å². The molecule has 2 aromatic rings. The average molecular weight is 391 g/mol. The molecule has 0 saturated heterocycles. The van der Waals surface area contributed by atoms with E-state index in [1.54, 1.807) is 38.1 Å². The molecule has 0 saturated carbocycles. The van der Waals surface area contributed by atoms with Gasteiger partial charge >= 0.3 is 0 Å². The van der Waals surface area contributed by atoms with Gasteiger partial charge in [-0.15, -0.1) is 0 Å². The zero-order valence-corrected chi connectivity index (χ0v) is 17.0. The van der Waals surface area contributed by atoms with Gasteiger partial charge < -0.3 is 15.0 Å². The Morgan fingerprint density at radius 2 is 1.63 bits per heavy atom. The first-order valence-corrected chi connectivity index (χ1v) is 9.84. The van der Waals surface area contributed by atoms with E-state index < -0.39 is 15.9 Å². The van der Waals surface area contributed by atoms with E-state index in [1.807, 2.05) is 31.1 Å². The molecule has 1 amide bonds. The third-order valence-corrected chi connectivity index (χ3v) is 5.73. The van der Waals surface area contributed by atoms with Gasteiger partial charge in [-0.05, 0) is 61.4 Å². The summed E-state index contributed by atoms with van der Waals surface area (Å²) in [6.45, 7) is 3.02. The number of sulfonamides is 1. The first-order valence-electron chi connectivity index (χ1n) is 8.36. The molecule has 0 aromatic heterocycles. The minimum absolute atomic E-state index is 0.159. The van der Waals surface area contributed by atoms with Gasteiger partial charge in [-0.1, -0.05) is 0 Å². The summed E-state index contributed by atoms with van der Waals surface area (Å²) in [4.78, 5) is 14.2. The second-order valence-electron chi connectivity index (χ2n) is 6.40. The molecule has 0 aliphatic heterocycles. The number of aryl methyl sites for hydroxylation is 2. The van der Waals surface area contributed by atoms with Crippen molar-refractivity contribution in [2.45, 2.75) is 18.7 Å². The number of nitrogens with one attached hydrogen (secondary N) is 2. The smallest absolute Gasteiger partial charge is 0.241 e. The molecule has 2 rings (SSSR count). The van der Waals surface area contributed by atoms with Crippen LogP contribution in [-0.2, 0) is 14.8 Å². The lowest BCUT2D eigenvalue weighted by molar-refractivity contribution is -0.115. The lowest BCUT2D eigenvalue weighted by atomic mass is 10.1. The maximum Gasteiger partial charge on any atom is 0.241 e. The molecule has 7 nitrogen and oxygen atoms in total. The number of methoxy groups -OCH3 is 1. The van der Waals surface area contributed by atoms with Gasteiger partial charge in [0.05, 0.1) is 18.6 Å². The minimum atomic E-state index is -3.82. The number of anilines is 2. The number of ether oxygens (including phenoxy) is 1. The van der Waals surface area contributed by atoms with Crippen molar-refractivity contribution in [3.05, 3.63) is 47.5 Å². The number of nitrogens with zero attached hydrogens (tertiary/aromatic N) is 1. The Labute approximate surface area is 160 Å². The van der Waals surface area contributed by atoms with Crippen molar-refractivity contribution in [3.63, 3.8) is 0 Å². The normalized spacial score (nSPS) is 11.1. The van der Waals surface area contributed by atoms with Crippen molar-refractivity contribution >= 4 is 27.3 Å². The predicted molar refractivity (Wildman–Crippen MR) is 107 cm³/mol. The first kappa shape index (κ1) is 20.7. The van der Waals surface area contributed by atoms with Crippen LogP contribution in [0.3, 0.4) is 0 Å². The Morgan fingerprint density at radius 1 is 1.07 bits per heavy atom. The molecule has 0 aliphatic rings. The Morgan fingerprint density at radius 3 is 2.11 bits per heavy atom. The standard InChI is InChI=1S/C19H25N3O4S/c1-13-10-17(26-5)11-14(2)19(13)27(24,25)20-12-18(23)21-15-6-8-16(9-7-15)22(3)4/h6-11,20H,12H2,1-5H3,(H,21,23). The number of hydrogen-bond acceptors (Lipinski definition) is 5. The van der Waals surface area contributed by atoms with Crippen molar-refractivity contribution in [3.8, 4) is 5.75 Å². The molecule has 0 aliphatic carbocycles. The summed E-state index contributed by atoms with van der Waals surface area (Å²) < 4.78 is 32.7. The van der Waals surface area contributed by atoms with Gasteiger partial charge in [-0.3, -0.25) is 4.79 Å². The molecule has 2 aromatic carbocycles. The SMILES string of the molecule is COc1cc(C)c(S(=O)(=O)NCC(=O)Nc2ccc(N(C)C)cc2)c(C)c1. The van der Waals surface area contributed by atoms with Crippen LogP contribution in [-0.4, -0.2) is 42.1 Å². The molecule has 0 fully saturated rings. The number of benzene rings is 2. The van der Waals surface area contributed by atoms with Crippen LogP contribution in [0.25, 0.3) is 0 Å². The van der Waals surface area contributed by atoms with Crippen LogP contribution < -0.4 is 19.7 Å². The zero-order chi connectivity index (χ0) is 20.2. The topological polar surface area (TPSA) is 87.7 Å². The highest BCUT2D eigenvalue weighted by Crippen LogP contribution is 2.25. The van der Waals surface area contributed by atoms with Crippen LogP contribution >= 0.6 is 0 Å². The highest BCUT2D eigenvalue weighted by atomic mass is 32.2.